The molecule has 0 aliphatic rings. The first-order valence-corrected chi connectivity index (χ1v) is 5.53. The first-order valence-electron chi connectivity index (χ1n) is 5.15. The van der Waals surface area contributed by atoms with Crippen molar-refractivity contribution in [3.8, 4) is 0 Å². The molecular weight excluding hydrogens is 238 g/mol. The minimum Gasteiger partial charge on any atom is -0.390 e. The molecule has 0 bridgehead atoms. The van der Waals surface area contributed by atoms with Crippen LogP contribution in [0.3, 0.4) is 0 Å². The third-order valence-electron chi connectivity index (χ3n) is 2.41. The van der Waals surface area contributed by atoms with Crippen molar-refractivity contribution in [2.45, 2.75) is 12.3 Å². The minimum absolute atomic E-state index is 0.0139. The van der Waals surface area contributed by atoms with Crippen LogP contribution in [-0.2, 0) is 0 Å². The summed E-state index contributed by atoms with van der Waals surface area (Å²) >= 11 is 5.74. The van der Waals surface area contributed by atoms with Crippen molar-refractivity contribution in [2.24, 2.45) is 5.18 Å². The SMILES string of the molecule is C=CCC(/C(=C/N=O)NC)c1ccc(Cl)nc1. The third-order valence-corrected chi connectivity index (χ3v) is 2.63. The van der Waals surface area contributed by atoms with Gasteiger partial charge in [0, 0.05) is 24.9 Å². The van der Waals surface area contributed by atoms with Crippen molar-refractivity contribution in [3.05, 3.63) is 58.5 Å². The van der Waals surface area contributed by atoms with E-state index in [-0.39, 0.29) is 5.92 Å². The van der Waals surface area contributed by atoms with Crippen molar-refractivity contribution >= 4 is 11.6 Å². The Bertz CT molecular complexity index is 414. The second-order valence-electron chi connectivity index (χ2n) is 3.43. The molecular formula is C12H14ClN3O. The fourth-order valence-electron chi connectivity index (χ4n) is 1.59. The van der Waals surface area contributed by atoms with E-state index in [1.165, 1.54) is 6.20 Å². The summed E-state index contributed by atoms with van der Waals surface area (Å²) in [5.41, 5.74) is 1.68. The highest BCUT2D eigenvalue weighted by Gasteiger charge is 2.15. The van der Waals surface area contributed by atoms with Gasteiger partial charge in [-0.3, -0.25) is 0 Å². The predicted molar refractivity (Wildman–Crippen MR) is 69.7 cm³/mol. The number of hydrogen-bond acceptors (Lipinski definition) is 4. The third kappa shape index (κ3) is 3.67. The quantitative estimate of drug-likeness (QED) is 0.480. The van der Waals surface area contributed by atoms with Gasteiger partial charge in [0.2, 0.25) is 0 Å². The average molecular weight is 252 g/mol. The number of likely N-dealkylation sites (N-methyl/N-ethyl adjacent to an activating group) is 1. The number of pyridine rings is 1. The Kier molecular flexibility index (Phi) is 5.36. The molecule has 0 radical (unpaired) electrons. The molecule has 1 N–H and O–H groups in total. The number of nitroso groups, excluding NO2 is 1. The summed E-state index contributed by atoms with van der Waals surface area (Å²) in [7, 11) is 1.75. The highest BCUT2D eigenvalue weighted by Crippen LogP contribution is 2.26. The van der Waals surface area contributed by atoms with E-state index in [2.05, 4.69) is 22.1 Å². The van der Waals surface area contributed by atoms with Crippen molar-refractivity contribution in [1.29, 1.82) is 0 Å². The molecule has 90 valence electrons. The molecule has 0 amide bonds. The Morgan fingerprint density at radius 1 is 1.71 bits per heavy atom. The number of hydrogen-bond donors (Lipinski definition) is 1. The summed E-state index contributed by atoms with van der Waals surface area (Å²) < 4.78 is 0. The molecule has 5 heteroatoms. The molecule has 1 unspecified atom stereocenters. The maximum absolute atomic E-state index is 10.3. The molecule has 1 rings (SSSR count). The van der Waals surface area contributed by atoms with Crippen LogP contribution in [0.4, 0.5) is 0 Å². The van der Waals surface area contributed by atoms with Crippen LogP contribution < -0.4 is 5.32 Å². The molecule has 1 heterocycles. The van der Waals surface area contributed by atoms with Crippen LogP contribution in [0.1, 0.15) is 17.9 Å². The second kappa shape index (κ2) is 6.81. The zero-order valence-electron chi connectivity index (χ0n) is 9.56. The zero-order valence-corrected chi connectivity index (χ0v) is 10.3. The van der Waals surface area contributed by atoms with Crippen LogP contribution in [0, 0.1) is 4.91 Å². The van der Waals surface area contributed by atoms with E-state index >= 15 is 0 Å². The summed E-state index contributed by atoms with van der Waals surface area (Å²) in [4.78, 5) is 14.4. The molecule has 0 saturated carbocycles. The Morgan fingerprint density at radius 2 is 2.47 bits per heavy atom. The number of aromatic nitrogens is 1. The Hall–Kier alpha value is -1.68. The van der Waals surface area contributed by atoms with Gasteiger partial charge in [-0.2, -0.15) is 0 Å². The average Bonchev–Trinajstić information content (AvgIpc) is 2.35. The van der Waals surface area contributed by atoms with Gasteiger partial charge in [-0.15, -0.1) is 11.5 Å². The highest BCUT2D eigenvalue weighted by molar-refractivity contribution is 6.29. The Balaban J connectivity index is 3.07. The van der Waals surface area contributed by atoms with E-state index in [0.29, 0.717) is 11.6 Å². The number of rotatable bonds is 6. The lowest BCUT2D eigenvalue weighted by molar-refractivity contribution is 0.730. The normalized spacial score (nSPS) is 12.9. The monoisotopic (exact) mass is 251 g/mol. The van der Waals surface area contributed by atoms with Crippen molar-refractivity contribution in [3.63, 3.8) is 0 Å². The Morgan fingerprint density at radius 3 is 2.94 bits per heavy atom. The van der Waals surface area contributed by atoms with Crippen LogP contribution >= 0.6 is 11.6 Å². The molecule has 17 heavy (non-hydrogen) atoms. The van der Waals surface area contributed by atoms with Gasteiger partial charge in [-0.25, -0.2) is 4.98 Å². The summed E-state index contributed by atoms with van der Waals surface area (Å²) in [6.07, 6.45) is 5.43. The minimum atomic E-state index is -0.0139. The van der Waals surface area contributed by atoms with Crippen LogP contribution in [-0.4, -0.2) is 12.0 Å². The van der Waals surface area contributed by atoms with Crippen LogP contribution in [0.15, 0.2) is 48.1 Å². The largest absolute Gasteiger partial charge is 0.390 e. The molecule has 1 aromatic rings. The first kappa shape index (κ1) is 13.4. The van der Waals surface area contributed by atoms with Gasteiger partial charge in [0.05, 0.1) is 6.20 Å². The molecule has 1 aromatic heterocycles. The van der Waals surface area contributed by atoms with Gasteiger partial charge in [-0.1, -0.05) is 23.7 Å². The lowest BCUT2D eigenvalue weighted by atomic mass is 9.94. The van der Waals surface area contributed by atoms with E-state index in [1.807, 2.05) is 6.07 Å². The maximum Gasteiger partial charge on any atom is 0.129 e. The molecule has 0 aromatic carbocycles. The predicted octanol–water partition coefficient (Wildman–Crippen LogP) is 3.22. The van der Waals surface area contributed by atoms with Crippen molar-refractivity contribution in [1.82, 2.24) is 10.3 Å². The molecule has 0 fully saturated rings. The fourth-order valence-corrected chi connectivity index (χ4v) is 1.70. The lowest BCUT2D eigenvalue weighted by Crippen LogP contribution is -2.14. The van der Waals surface area contributed by atoms with Gasteiger partial charge in [-0.05, 0) is 23.2 Å². The van der Waals surface area contributed by atoms with E-state index in [9.17, 15) is 4.91 Å². The topological polar surface area (TPSA) is 54.4 Å². The van der Waals surface area contributed by atoms with Crippen LogP contribution in [0.2, 0.25) is 5.15 Å². The number of nitrogens with one attached hydrogen (secondary N) is 1. The molecule has 0 saturated heterocycles. The second-order valence-corrected chi connectivity index (χ2v) is 3.82. The maximum atomic E-state index is 10.3. The van der Waals surface area contributed by atoms with Crippen molar-refractivity contribution < 1.29 is 0 Å². The van der Waals surface area contributed by atoms with Crippen molar-refractivity contribution in [2.75, 3.05) is 7.05 Å². The molecule has 0 spiro atoms. The number of nitrogens with zero attached hydrogens (tertiary/aromatic N) is 2. The summed E-state index contributed by atoms with van der Waals surface area (Å²) in [5, 5.41) is 6.20. The first-order chi connectivity index (χ1) is 8.22. The summed E-state index contributed by atoms with van der Waals surface area (Å²) in [5.74, 6) is -0.0139. The smallest absolute Gasteiger partial charge is 0.129 e. The van der Waals surface area contributed by atoms with Gasteiger partial charge in [0.15, 0.2) is 0 Å². The molecule has 4 nitrogen and oxygen atoms in total. The van der Waals surface area contributed by atoms with Gasteiger partial charge in [0.1, 0.15) is 5.15 Å². The molecule has 1 atom stereocenters. The van der Waals surface area contributed by atoms with Gasteiger partial charge in [0.25, 0.3) is 0 Å². The van der Waals surface area contributed by atoms with Gasteiger partial charge < -0.3 is 5.32 Å². The molecule has 0 aliphatic heterocycles. The number of allylic oxidation sites excluding steroid dienone is 2. The fraction of sp³-hybridized carbons (Fsp3) is 0.250. The summed E-state index contributed by atoms with van der Waals surface area (Å²) in [6.45, 7) is 3.71. The van der Waals surface area contributed by atoms with E-state index in [4.69, 9.17) is 11.6 Å². The molecule has 0 aliphatic carbocycles. The van der Waals surface area contributed by atoms with E-state index in [1.54, 1.807) is 25.4 Å². The van der Waals surface area contributed by atoms with E-state index < -0.39 is 0 Å². The van der Waals surface area contributed by atoms with Crippen LogP contribution in [0.5, 0.6) is 0 Å². The van der Waals surface area contributed by atoms with Gasteiger partial charge >= 0.3 is 0 Å². The standard InChI is InChI=1S/C12H14ClN3O/c1-3-4-10(11(14-2)8-16-17)9-5-6-12(13)15-7-9/h3,5-8,10,14H,1,4H2,2H3/b11-8-. The zero-order chi connectivity index (χ0) is 12.7. The highest BCUT2D eigenvalue weighted by atomic mass is 35.5. The van der Waals surface area contributed by atoms with Crippen LogP contribution in [0.25, 0.3) is 0 Å². The number of halogens is 1. The summed E-state index contributed by atoms with van der Waals surface area (Å²) in [6, 6.07) is 3.59. The lowest BCUT2D eigenvalue weighted by Gasteiger charge is -2.18. The Labute approximate surface area is 105 Å². The van der Waals surface area contributed by atoms with E-state index in [0.717, 1.165) is 11.3 Å².